The molecule has 0 radical (unpaired) electrons. The SMILES string of the molecule is c1ccc(-c2ccc(N(c3ccc(-c4ccccc4)cc3)c3cc(-c4ccc5c(c4)-c4ccccc4C54C5CC6CC(C5)C4C6)cc(-c4ccccc4)c3-c3ccccc3)cc2)cc1. The number of nitrogens with zero attached hydrogens (tertiary/aromatic N) is 1. The van der Waals surface area contributed by atoms with E-state index in [4.69, 9.17) is 0 Å². The lowest BCUT2D eigenvalue weighted by atomic mass is 9.59. The Morgan fingerprint density at radius 1 is 0.344 bits per heavy atom. The van der Waals surface area contributed by atoms with Crippen molar-refractivity contribution in [2.45, 2.75) is 31.1 Å². The molecule has 4 fully saturated rings. The highest BCUT2D eigenvalue weighted by atomic mass is 15.1. The Hall–Kier alpha value is -7.22. The van der Waals surface area contributed by atoms with Crippen molar-refractivity contribution in [2.75, 3.05) is 4.90 Å². The lowest BCUT2D eigenvalue weighted by Gasteiger charge is -2.43. The third-order valence-corrected chi connectivity index (χ3v) is 15.7. The Kier molecular flexibility index (Phi) is 8.73. The summed E-state index contributed by atoms with van der Waals surface area (Å²) in [6, 6.07) is 83.7. The second kappa shape index (κ2) is 15.0. The van der Waals surface area contributed by atoms with Gasteiger partial charge in [-0.25, -0.2) is 0 Å². The maximum atomic E-state index is 2.56. The Labute approximate surface area is 377 Å². The molecule has 0 N–H and O–H groups in total. The van der Waals surface area contributed by atoms with Crippen molar-refractivity contribution in [1.29, 1.82) is 0 Å². The molecular formula is C63H49N. The zero-order valence-corrected chi connectivity index (χ0v) is 35.9. The first-order valence-corrected chi connectivity index (χ1v) is 23.4. The molecule has 9 aromatic carbocycles. The van der Waals surface area contributed by atoms with Crippen LogP contribution in [0.1, 0.15) is 36.8 Å². The van der Waals surface area contributed by atoms with Crippen LogP contribution >= 0.6 is 0 Å². The minimum atomic E-state index is 0.161. The molecule has 0 saturated heterocycles. The van der Waals surface area contributed by atoms with Gasteiger partial charge in [0.1, 0.15) is 0 Å². The van der Waals surface area contributed by atoms with Crippen molar-refractivity contribution in [1.82, 2.24) is 0 Å². The quantitative estimate of drug-likeness (QED) is 0.148. The summed E-state index contributed by atoms with van der Waals surface area (Å²) in [5, 5.41) is 0. The van der Waals surface area contributed by atoms with E-state index >= 15 is 0 Å². The first kappa shape index (κ1) is 37.3. The Bertz CT molecular complexity index is 3070. The van der Waals surface area contributed by atoms with Crippen LogP contribution in [0, 0.1) is 23.7 Å². The average molecular weight is 820 g/mol. The van der Waals surface area contributed by atoms with E-state index in [0.717, 1.165) is 40.7 Å². The number of rotatable bonds is 8. The van der Waals surface area contributed by atoms with E-state index in [2.05, 4.69) is 229 Å². The van der Waals surface area contributed by atoms with Crippen LogP contribution in [-0.4, -0.2) is 0 Å². The second-order valence-corrected chi connectivity index (χ2v) is 18.9. The fourth-order valence-corrected chi connectivity index (χ4v) is 13.2. The second-order valence-electron chi connectivity index (χ2n) is 18.9. The molecule has 0 aliphatic heterocycles. The van der Waals surface area contributed by atoms with Crippen LogP contribution < -0.4 is 4.90 Å². The molecule has 306 valence electrons. The topological polar surface area (TPSA) is 3.24 Å². The molecule has 1 nitrogen and oxygen atoms in total. The molecule has 5 aliphatic rings. The van der Waals surface area contributed by atoms with Gasteiger partial charge in [-0.15, -0.1) is 0 Å². The van der Waals surface area contributed by atoms with E-state index in [0.29, 0.717) is 0 Å². The lowest BCUT2D eigenvalue weighted by molar-refractivity contribution is 0.191. The number of hydrogen-bond donors (Lipinski definition) is 0. The van der Waals surface area contributed by atoms with Gasteiger partial charge >= 0.3 is 0 Å². The van der Waals surface area contributed by atoms with Gasteiger partial charge in [0.2, 0.25) is 0 Å². The smallest absolute Gasteiger partial charge is 0.0552 e. The average Bonchev–Trinajstić information content (AvgIpc) is 3.92. The first-order valence-electron chi connectivity index (χ1n) is 23.4. The van der Waals surface area contributed by atoms with Crippen molar-refractivity contribution in [3.8, 4) is 66.8 Å². The summed E-state index contributed by atoms with van der Waals surface area (Å²) >= 11 is 0. The van der Waals surface area contributed by atoms with E-state index < -0.39 is 0 Å². The summed E-state index contributed by atoms with van der Waals surface area (Å²) in [5.41, 5.74) is 21.7. The normalized spacial score (nSPS) is 20.9. The number of anilines is 3. The fraction of sp³-hybridized carbons (Fsp3) is 0.143. The van der Waals surface area contributed by atoms with Gasteiger partial charge < -0.3 is 4.90 Å². The summed E-state index contributed by atoms with van der Waals surface area (Å²) in [6.45, 7) is 0. The van der Waals surface area contributed by atoms with Crippen molar-refractivity contribution in [2.24, 2.45) is 23.7 Å². The van der Waals surface area contributed by atoms with Crippen molar-refractivity contribution in [3.63, 3.8) is 0 Å². The molecule has 1 spiro atoms. The van der Waals surface area contributed by atoms with Crippen LogP contribution in [0.3, 0.4) is 0 Å². The van der Waals surface area contributed by atoms with Crippen LogP contribution in [0.5, 0.6) is 0 Å². The van der Waals surface area contributed by atoms with Gasteiger partial charge in [-0.3, -0.25) is 0 Å². The van der Waals surface area contributed by atoms with Crippen LogP contribution in [0.2, 0.25) is 0 Å². The number of fused-ring (bicyclic) bond motifs is 3. The molecule has 0 heterocycles. The zero-order valence-electron chi connectivity index (χ0n) is 35.9. The largest absolute Gasteiger partial charge is 0.310 e. The molecule has 64 heavy (non-hydrogen) atoms. The van der Waals surface area contributed by atoms with E-state index in [-0.39, 0.29) is 5.41 Å². The van der Waals surface area contributed by atoms with Gasteiger partial charge in [-0.1, -0.05) is 182 Å². The summed E-state index contributed by atoms with van der Waals surface area (Å²) in [5.74, 6) is 3.32. The summed E-state index contributed by atoms with van der Waals surface area (Å²) < 4.78 is 0. The summed E-state index contributed by atoms with van der Waals surface area (Å²) in [7, 11) is 0. The molecule has 4 saturated carbocycles. The van der Waals surface area contributed by atoms with Crippen LogP contribution in [0.15, 0.2) is 224 Å². The molecule has 5 unspecified atom stereocenters. The molecule has 0 aromatic heterocycles. The van der Waals surface area contributed by atoms with Crippen molar-refractivity contribution < 1.29 is 0 Å². The van der Waals surface area contributed by atoms with Crippen LogP contribution in [-0.2, 0) is 5.41 Å². The fourth-order valence-electron chi connectivity index (χ4n) is 13.2. The monoisotopic (exact) mass is 819 g/mol. The van der Waals surface area contributed by atoms with Gasteiger partial charge in [0.15, 0.2) is 0 Å². The van der Waals surface area contributed by atoms with Crippen LogP contribution in [0.25, 0.3) is 66.8 Å². The predicted octanol–water partition coefficient (Wildman–Crippen LogP) is 16.8. The van der Waals surface area contributed by atoms with E-state index in [1.165, 1.54) is 92.4 Å². The molecule has 0 amide bonds. The molecule has 5 atom stereocenters. The minimum absolute atomic E-state index is 0.161. The van der Waals surface area contributed by atoms with Gasteiger partial charge in [-0.05, 0) is 164 Å². The van der Waals surface area contributed by atoms with E-state index in [1.54, 1.807) is 11.1 Å². The van der Waals surface area contributed by atoms with Crippen molar-refractivity contribution in [3.05, 3.63) is 236 Å². The lowest BCUT2D eigenvalue weighted by Crippen LogP contribution is -2.40. The molecule has 9 aromatic rings. The molecule has 4 bridgehead atoms. The third-order valence-electron chi connectivity index (χ3n) is 15.7. The molecular weight excluding hydrogens is 771 g/mol. The Morgan fingerprint density at radius 3 is 1.45 bits per heavy atom. The summed E-state index contributed by atoms with van der Waals surface area (Å²) in [4.78, 5) is 2.49. The zero-order chi connectivity index (χ0) is 42.2. The molecule has 14 rings (SSSR count). The maximum absolute atomic E-state index is 2.56. The highest BCUT2D eigenvalue weighted by Gasteiger charge is 2.65. The number of hydrogen-bond acceptors (Lipinski definition) is 1. The summed E-state index contributed by atoms with van der Waals surface area (Å²) in [6.07, 6.45) is 5.63. The standard InChI is InChI=1S/C63H49N/c1-5-15-43(16-6-1)45-25-30-53(31-26-45)64(54-32-27-46(28-33-54)44-17-7-2-8-18-44)61-41-50(40-56(47-19-9-3-10-20-47)62(61)48-21-11-4-12-22-48)49-29-34-59-57(39-49)55-23-13-14-24-58(55)63(59)52-36-42-35-51(38-52)60(63)37-42/h1-34,39-42,51-52,60H,35-38H2. The highest BCUT2D eigenvalue weighted by molar-refractivity contribution is 6.00. The van der Waals surface area contributed by atoms with Crippen LogP contribution in [0.4, 0.5) is 17.1 Å². The number of benzene rings is 9. The predicted molar refractivity (Wildman–Crippen MR) is 267 cm³/mol. The van der Waals surface area contributed by atoms with E-state index in [9.17, 15) is 0 Å². The highest BCUT2D eigenvalue weighted by Crippen LogP contribution is 2.73. The van der Waals surface area contributed by atoms with Crippen molar-refractivity contribution >= 4 is 17.1 Å². The van der Waals surface area contributed by atoms with Gasteiger partial charge in [0, 0.05) is 22.4 Å². The Morgan fingerprint density at radius 2 is 0.844 bits per heavy atom. The van der Waals surface area contributed by atoms with E-state index in [1.807, 2.05) is 0 Å². The first-order chi connectivity index (χ1) is 31.7. The van der Waals surface area contributed by atoms with Gasteiger partial charge in [0.25, 0.3) is 0 Å². The third kappa shape index (κ3) is 5.84. The maximum Gasteiger partial charge on any atom is 0.0552 e. The van der Waals surface area contributed by atoms with Gasteiger partial charge in [0.05, 0.1) is 5.69 Å². The minimum Gasteiger partial charge on any atom is -0.310 e. The van der Waals surface area contributed by atoms with Gasteiger partial charge in [-0.2, -0.15) is 0 Å². The molecule has 1 heteroatoms. The molecule has 5 aliphatic carbocycles. The Balaban J connectivity index is 1.05.